The van der Waals surface area contributed by atoms with E-state index in [9.17, 15) is 14.4 Å². The molecule has 1 saturated heterocycles. The molecule has 0 saturated carbocycles. The zero-order valence-electron chi connectivity index (χ0n) is 15.1. The van der Waals surface area contributed by atoms with Crippen LogP contribution in [0.4, 0.5) is 0 Å². The van der Waals surface area contributed by atoms with Gasteiger partial charge in [-0.3, -0.25) is 14.4 Å². The third-order valence-electron chi connectivity index (χ3n) is 4.47. The van der Waals surface area contributed by atoms with E-state index < -0.39 is 17.4 Å². The van der Waals surface area contributed by atoms with Crippen LogP contribution in [0.1, 0.15) is 71.6 Å². The third kappa shape index (κ3) is 6.13. The highest BCUT2D eigenvalue weighted by Gasteiger charge is 2.52. The van der Waals surface area contributed by atoms with Crippen LogP contribution < -0.4 is 0 Å². The van der Waals surface area contributed by atoms with E-state index in [4.69, 9.17) is 9.47 Å². The van der Waals surface area contributed by atoms with Crippen LogP contribution in [0.25, 0.3) is 0 Å². The van der Waals surface area contributed by atoms with Crippen LogP contribution in [0, 0.1) is 5.41 Å². The Balaban J connectivity index is 2.13. The number of carbonyl (C=O) groups is 3. The van der Waals surface area contributed by atoms with Gasteiger partial charge in [0, 0.05) is 12.8 Å². The van der Waals surface area contributed by atoms with Crippen LogP contribution in [0.5, 0.6) is 0 Å². The number of hydrogen-bond donors (Lipinski definition) is 0. The van der Waals surface area contributed by atoms with Crippen molar-refractivity contribution in [2.75, 3.05) is 13.7 Å². The monoisotopic (exact) mass is 342 g/mol. The van der Waals surface area contributed by atoms with Gasteiger partial charge in [0.2, 0.25) is 0 Å². The van der Waals surface area contributed by atoms with Gasteiger partial charge in [-0.1, -0.05) is 25.7 Å². The van der Waals surface area contributed by atoms with Crippen molar-refractivity contribution < 1.29 is 28.6 Å². The van der Waals surface area contributed by atoms with Crippen molar-refractivity contribution in [3.8, 4) is 0 Å². The first-order chi connectivity index (χ1) is 11.4. The molecule has 6 heteroatoms. The van der Waals surface area contributed by atoms with Gasteiger partial charge < -0.3 is 14.2 Å². The van der Waals surface area contributed by atoms with E-state index in [2.05, 4.69) is 4.74 Å². The van der Waals surface area contributed by atoms with Gasteiger partial charge in [0.25, 0.3) is 0 Å². The Labute approximate surface area is 144 Å². The Morgan fingerprint density at radius 3 is 2.42 bits per heavy atom. The Morgan fingerprint density at radius 2 is 1.79 bits per heavy atom. The zero-order chi connectivity index (χ0) is 18.0. The molecule has 1 fully saturated rings. The molecule has 0 aliphatic carbocycles. The van der Waals surface area contributed by atoms with Gasteiger partial charge >= 0.3 is 17.9 Å². The van der Waals surface area contributed by atoms with Crippen LogP contribution in [0.3, 0.4) is 0 Å². The normalized spacial score (nSPS) is 23.0. The van der Waals surface area contributed by atoms with Gasteiger partial charge in [-0.2, -0.15) is 0 Å². The minimum absolute atomic E-state index is 0.150. The Hall–Kier alpha value is -1.59. The number of hydrogen-bond acceptors (Lipinski definition) is 6. The SMILES string of the molecule is CCOC(=O)[C@]1(C)C[C@H](CCCCCCCCC(=O)OC)OC1=O. The lowest BCUT2D eigenvalue weighted by Gasteiger charge is -2.16. The highest BCUT2D eigenvalue weighted by atomic mass is 16.6. The second kappa shape index (κ2) is 10.3. The minimum Gasteiger partial charge on any atom is -0.469 e. The van der Waals surface area contributed by atoms with E-state index in [1.165, 1.54) is 7.11 Å². The number of cyclic esters (lactones) is 1. The van der Waals surface area contributed by atoms with E-state index in [1.807, 2.05) is 0 Å². The summed E-state index contributed by atoms with van der Waals surface area (Å²) < 4.78 is 14.9. The molecule has 0 aromatic heterocycles. The summed E-state index contributed by atoms with van der Waals surface area (Å²) in [5, 5.41) is 0. The molecule has 24 heavy (non-hydrogen) atoms. The first kappa shape index (κ1) is 20.5. The average molecular weight is 342 g/mol. The average Bonchev–Trinajstić information content (AvgIpc) is 2.85. The highest BCUT2D eigenvalue weighted by molar-refractivity contribution is 6.00. The standard InChI is InChI=1S/C18H30O6/c1-4-23-16(20)18(2)13-14(24-17(18)21)11-9-7-5-6-8-10-12-15(19)22-3/h14H,4-13H2,1-3H3/t14-,18-/m0/s1. The molecule has 0 aromatic rings. The van der Waals surface area contributed by atoms with Crippen molar-refractivity contribution in [3.63, 3.8) is 0 Å². The quantitative estimate of drug-likeness (QED) is 0.248. The summed E-state index contributed by atoms with van der Waals surface area (Å²) in [4.78, 5) is 34.8. The summed E-state index contributed by atoms with van der Waals surface area (Å²) in [6, 6.07) is 0. The second-order valence-corrected chi connectivity index (χ2v) is 6.52. The first-order valence-corrected chi connectivity index (χ1v) is 8.89. The summed E-state index contributed by atoms with van der Waals surface area (Å²) >= 11 is 0. The van der Waals surface area contributed by atoms with Crippen LogP contribution in [-0.4, -0.2) is 37.7 Å². The predicted octanol–water partition coefficient (Wildman–Crippen LogP) is 3.17. The zero-order valence-corrected chi connectivity index (χ0v) is 15.1. The molecule has 138 valence electrons. The molecular formula is C18H30O6. The number of rotatable bonds is 11. The fourth-order valence-corrected chi connectivity index (χ4v) is 2.93. The molecule has 0 spiro atoms. The van der Waals surface area contributed by atoms with Crippen molar-refractivity contribution in [3.05, 3.63) is 0 Å². The number of methoxy groups -OCH3 is 1. The third-order valence-corrected chi connectivity index (χ3v) is 4.47. The van der Waals surface area contributed by atoms with Crippen molar-refractivity contribution in [1.29, 1.82) is 0 Å². The van der Waals surface area contributed by atoms with E-state index in [0.717, 1.165) is 44.9 Å². The van der Waals surface area contributed by atoms with E-state index >= 15 is 0 Å². The summed E-state index contributed by atoms with van der Waals surface area (Å²) in [6.07, 6.45) is 7.58. The molecule has 1 rings (SSSR count). The molecule has 6 nitrogen and oxygen atoms in total. The lowest BCUT2D eigenvalue weighted by molar-refractivity contribution is -0.163. The minimum atomic E-state index is -1.14. The topological polar surface area (TPSA) is 78.9 Å². The number of ether oxygens (including phenoxy) is 3. The molecule has 0 aromatic carbocycles. The van der Waals surface area contributed by atoms with Gasteiger partial charge in [0.1, 0.15) is 6.10 Å². The van der Waals surface area contributed by atoms with Crippen molar-refractivity contribution in [2.24, 2.45) is 5.41 Å². The lowest BCUT2D eigenvalue weighted by Crippen LogP contribution is -2.34. The number of carbonyl (C=O) groups excluding carboxylic acids is 3. The molecule has 0 unspecified atom stereocenters. The molecule has 1 heterocycles. The molecule has 2 atom stereocenters. The van der Waals surface area contributed by atoms with Gasteiger partial charge in [-0.15, -0.1) is 0 Å². The second-order valence-electron chi connectivity index (χ2n) is 6.52. The molecule has 0 bridgehead atoms. The van der Waals surface area contributed by atoms with Gasteiger partial charge in [-0.25, -0.2) is 0 Å². The van der Waals surface area contributed by atoms with Gasteiger partial charge in [-0.05, 0) is 33.1 Å². The van der Waals surface area contributed by atoms with Crippen LogP contribution in [-0.2, 0) is 28.6 Å². The molecule has 0 N–H and O–H groups in total. The van der Waals surface area contributed by atoms with E-state index in [0.29, 0.717) is 12.8 Å². The van der Waals surface area contributed by atoms with E-state index in [-0.39, 0.29) is 18.7 Å². The van der Waals surface area contributed by atoms with Crippen molar-refractivity contribution >= 4 is 17.9 Å². The number of esters is 3. The highest BCUT2D eigenvalue weighted by Crippen LogP contribution is 2.37. The maximum Gasteiger partial charge on any atom is 0.323 e. The summed E-state index contributed by atoms with van der Waals surface area (Å²) in [7, 11) is 1.41. The summed E-state index contributed by atoms with van der Waals surface area (Å²) in [5.41, 5.74) is -1.14. The van der Waals surface area contributed by atoms with Crippen LogP contribution in [0.2, 0.25) is 0 Å². The van der Waals surface area contributed by atoms with Crippen LogP contribution in [0.15, 0.2) is 0 Å². The Kier molecular flexibility index (Phi) is 8.79. The lowest BCUT2D eigenvalue weighted by atomic mass is 9.86. The van der Waals surface area contributed by atoms with Crippen molar-refractivity contribution in [1.82, 2.24) is 0 Å². The molecule has 1 aliphatic rings. The molecular weight excluding hydrogens is 312 g/mol. The van der Waals surface area contributed by atoms with Gasteiger partial charge in [0.15, 0.2) is 5.41 Å². The maximum absolute atomic E-state index is 11.9. The maximum atomic E-state index is 11.9. The molecule has 1 aliphatic heterocycles. The smallest absolute Gasteiger partial charge is 0.323 e. The largest absolute Gasteiger partial charge is 0.469 e. The first-order valence-electron chi connectivity index (χ1n) is 8.89. The van der Waals surface area contributed by atoms with Crippen LogP contribution >= 0.6 is 0 Å². The summed E-state index contributed by atoms with van der Waals surface area (Å²) in [6.45, 7) is 3.60. The fourth-order valence-electron chi connectivity index (χ4n) is 2.93. The molecule has 0 amide bonds. The van der Waals surface area contributed by atoms with Gasteiger partial charge in [0.05, 0.1) is 13.7 Å². The molecule has 0 radical (unpaired) electrons. The van der Waals surface area contributed by atoms with E-state index in [1.54, 1.807) is 13.8 Å². The summed E-state index contributed by atoms with van der Waals surface area (Å²) in [5.74, 6) is -1.10. The Morgan fingerprint density at radius 1 is 1.17 bits per heavy atom. The van der Waals surface area contributed by atoms with Crippen molar-refractivity contribution in [2.45, 2.75) is 77.7 Å². The number of unbranched alkanes of at least 4 members (excludes halogenated alkanes) is 5. The Bertz CT molecular complexity index is 433. The predicted molar refractivity (Wildman–Crippen MR) is 88.2 cm³/mol. The fraction of sp³-hybridized carbons (Fsp3) is 0.833.